The summed E-state index contributed by atoms with van der Waals surface area (Å²) in [4.78, 5) is 22.5. The Balaban J connectivity index is 2.63. The van der Waals surface area contributed by atoms with E-state index < -0.39 is 23.7 Å². The van der Waals surface area contributed by atoms with Crippen molar-refractivity contribution in [3.63, 3.8) is 0 Å². The van der Waals surface area contributed by atoms with Gasteiger partial charge >= 0.3 is 12.1 Å². The minimum Gasteiger partial charge on any atom is -0.481 e. The molecule has 1 aromatic rings. The molecule has 1 aromatic heterocycles. The van der Waals surface area contributed by atoms with E-state index in [4.69, 9.17) is 25.9 Å². The molecular weight excluding hydrogens is 298 g/mol. The van der Waals surface area contributed by atoms with Crippen molar-refractivity contribution in [2.75, 3.05) is 0 Å². The summed E-state index contributed by atoms with van der Waals surface area (Å²) in [6, 6.07) is 2.88. The van der Waals surface area contributed by atoms with Gasteiger partial charge in [-0.3, -0.25) is 4.79 Å². The van der Waals surface area contributed by atoms with E-state index >= 15 is 0 Å². The van der Waals surface area contributed by atoms with Crippen LogP contribution in [-0.4, -0.2) is 28.8 Å². The Kier molecular flexibility index (Phi) is 6.08. The molecule has 1 atom stereocenters. The molecule has 0 radical (unpaired) electrons. The second-order valence-electron chi connectivity index (χ2n) is 5.69. The molecule has 2 N–H and O–H groups in total. The minimum atomic E-state index is -0.927. The van der Waals surface area contributed by atoms with E-state index in [1.54, 1.807) is 32.9 Å². The van der Waals surface area contributed by atoms with E-state index in [0.717, 1.165) is 0 Å². The van der Waals surface area contributed by atoms with Crippen molar-refractivity contribution in [3.8, 4) is 0 Å². The highest BCUT2D eigenvalue weighted by atomic mass is 35.5. The second kappa shape index (κ2) is 7.36. The number of carboxylic acids is 1. The number of hydrogen-bond donors (Lipinski definition) is 2. The smallest absolute Gasteiger partial charge is 0.407 e. The number of furan rings is 1. The first kappa shape index (κ1) is 17.4. The molecule has 21 heavy (non-hydrogen) atoms. The maximum atomic E-state index is 11.8. The standard InChI is InChI=1S/C14H20ClNO5/c1-14(2,3)21-13(19)16-9(4-7-12(17)18)8-10-5-6-11(15)20-10/h5-6,9H,4,7-8H2,1-3H3,(H,16,19)(H,17,18). The molecule has 1 rings (SSSR count). The second-order valence-corrected chi connectivity index (χ2v) is 6.06. The molecule has 0 aliphatic carbocycles. The molecule has 0 saturated carbocycles. The van der Waals surface area contributed by atoms with Crippen LogP contribution in [0.2, 0.25) is 5.22 Å². The van der Waals surface area contributed by atoms with Crippen LogP contribution in [-0.2, 0) is 16.0 Å². The maximum Gasteiger partial charge on any atom is 0.407 e. The average Bonchev–Trinajstić information content (AvgIpc) is 2.69. The van der Waals surface area contributed by atoms with Gasteiger partial charge in [-0.1, -0.05) is 0 Å². The SMILES string of the molecule is CC(C)(C)OC(=O)NC(CCC(=O)O)Cc1ccc(Cl)o1. The summed E-state index contributed by atoms with van der Waals surface area (Å²) in [6.07, 6.45) is -0.0309. The van der Waals surface area contributed by atoms with Crippen molar-refractivity contribution < 1.29 is 23.8 Å². The molecule has 6 nitrogen and oxygen atoms in total. The van der Waals surface area contributed by atoms with E-state index in [9.17, 15) is 9.59 Å². The Hall–Kier alpha value is -1.69. The Morgan fingerprint density at radius 3 is 2.57 bits per heavy atom. The number of carbonyl (C=O) groups is 2. The summed E-state index contributed by atoms with van der Waals surface area (Å²) < 4.78 is 10.4. The van der Waals surface area contributed by atoms with Crippen LogP contribution in [0.15, 0.2) is 16.5 Å². The topological polar surface area (TPSA) is 88.8 Å². The van der Waals surface area contributed by atoms with Gasteiger partial charge in [-0.25, -0.2) is 4.79 Å². The van der Waals surface area contributed by atoms with Gasteiger partial charge in [0.1, 0.15) is 11.4 Å². The Labute approximate surface area is 128 Å². The van der Waals surface area contributed by atoms with Crippen molar-refractivity contribution in [2.24, 2.45) is 0 Å². The highest BCUT2D eigenvalue weighted by molar-refractivity contribution is 6.28. The zero-order valence-corrected chi connectivity index (χ0v) is 13.1. The van der Waals surface area contributed by atoms with Crippen LogP contribution in [0.5, 0.6) is 0 Å². The average molecular weight is 318 g/mol. The van der Waals surface area contributed by atoms with Crippen molar-refractivity contribution >= 4 is 23.7 Å². The van der Waals surface area contributed by atoms with Crippen LogP contribution in [0.3, 0.4) is 0 Å². The lowest BCUT2D eigenvalue weighted by Crippen LogP contribution is -2.40. The number of carboxylic acid groups (broad SMARTS) is 1. The van der Waals surface area contributed by atoms with Crippen LogP contribution in [0.4, 0.5) is 4.79 Å². The molecule has 0 bridgehead atoms. The summed E-state index contributed by atoms with van der Waals surface area (Å²) >= 11 is 5.69. The van der Waals surface area contributed by atoms with E-state index in [2.05, 4.69) is 5.32 Å². The van der Waals surface area contributed by atoms with Gasteiger partial charge in [-0.2, -0.15) is 0 Å². The molecule has 0 aliphatic rings. The highest BCUT2D eigenvalue weighted by Gasteiger charge is 2.21. The molecule has 118 valence electrons. The van der Waals surface area contributed by atoms with E-state index in [1.807, 2.05) is 0 Å². The van der Waals surface area contributed by atoms with Gasteiger partial charge in [-0.05, 0) is 50.9 Å². The fraction of sp³-hybridized carbons (Fsp3) is 0.571. The molecule has 0 aromatic carbocycles. The van der Waals surface area contributed by atoms with Crippen LogP contribution in [0, 0.1) is 0 Å². The van der Waals surface area contributed by atoms with Gasteiger partial charge in [0.2, 0.25) is 0 Å². The third kappa shape index (κ3) is 7.60. The van der Waals surface area contributed by atoms with Gasteiger partial charge in [0.15, 0.2) is 5.22 Å². The summed E-state index contributed by atoms with van der Waals surface area (Å²) in [6.45, 7) is 5.27. The zero-order chi connectivity index (χ0) is 16.0. The number of aliphatic carboxylic acids is 1. The number of rotatable bonds is 6. The van der Waals surface area contributed by atoms with E-state index in [0.29, 0.717) is 12.2 Å². The molecular formula is C14H20ClNO5. The van der Waals surface area contributed by atoms with Crippen molar-refractivity contribution in [2.45, 2.75) is 51.7 Å². The van der Waals surface area contributed by atoms with Gasteiger partial charge in [0.25, 0.3) is 0 Å². The zero-order valence-electron chi connectivity index (χ0n) is 12.3. The number of carbonyl (C=O) groups excluding carboxylic acids is 1. The lowest BCUT2D eigenvalue weighted by atomic mass is 10.1. The van der Waals surface area contributed by atoms with Crippen LogP contribution in [0.25, 0.3) is 0 Å². The number of amides is 1. The van der Waals surface area contributed by atoms with Crippen LogP contribution < -0.4 is 5.32 Å². The normalized spacial score (nSPS) is 12.8. The molecule has 1 unspecified atom stereocenters. The van der Waals surface area contributed by atoms with Crippen LogP contribution in [0.1, 0.15) is 39.4 Å². The summed E-state index contributed by atoms with van der Waals surface area (Å²) in [5.41, 5.74) is -0.616. The number of halogens is 1. The van der Waals surface area contributed by atoms with Crippen molar-refractivity contribution in [1.29, 1.82) is 0 Å². The van der Waals surface area contributed by atoms with Gasteiger partial charge in [0.05, 0.1) is 0 Å². The van der Waals surface area contributed by atoms with Crippen molar-refractivity contribution in [3.05, 3.63) is 23.1 Å². The predicted octanol–water partition coefficient (Wildman–Crippen LogP) is 3.23. The minimum absolute atomic E-state index is 0.0606. The molecule has 0 aliphatic heterocycles. The monoisotopic (exact) mass is 317 g/mol. The lowest BCUT2D eigenvalue weighted by Gasteiger charge is -2.23. The van der Waals surface area contributed by atoms with Crippen molar-refractivity contribution in [1.82, 2.24) is 5.32 Å². The lowest BCUT2D eigenvalue weighted by molar-refractivity contribution is -0.137. The Bertz CT molecular complexity index is 492. The third-order valence-corrected chi connectivity index (χ3v) is 2.71. The Morgan fingerprint density at radius 1 is 1.43 bits per heavy atom. The first-order chi connectivity index (χ1) is 9.65. The fourth-order valence-corrected chi connectivity index (χ4v) is 1.86. The van der Waals surface area contributed by atoms with E-state index in [-0.39, 0.29) is 18.1 Å². The van der Waals surface area contributed by atoms with Gasteiger partial charge in [0, 0.05) is 18.9 Å². The molecule has 1 heterocycles. The number of nitrogens with one attached hydrogen (secondary N) is 1. The highest BCUT2D eigenvalue weighted by Crippen LogP contribution is 2.16. The summed E-state index contributed by atoms with van der Waals surface area (Å²) in [5.74, 6) is -0.352. The maximum absolute atomic E-state index is 11.8. The van der Waals surface area contributed by atoms with Gasteiger partial charge in [-0.15, -0.1) is 0 Å². The number of hydrogen-bond acceptors (Lipinski definition) is 4. The molecule has 1 amide bonds. The van der Waals surface area contributed by atoms with Crippen LogP contribution >= 0.6 is 11.6 Å². The first-order valence-corrected chi connectivity index (χ1v) is 6.99. The molecule has 0 fully saturated rings. The molecule has 0 saturated heterocycles. The Morgan fingerprint density at radius 2 is 2.10 bits per heavy atom. The molecule has 7 heteroatoms. The molecule has 0 spiro atoms. The fourth-order valence-electron chi connectivity index (χ4n) is 1.70. The number of ether oxygens (including phenoxy) is 1. The third-order valence-electron chi connectivity index (χ3n) is 2.50. The first-order valence-electron chi connectivity index (χ1n) is 6.61. The summed E-state index contributed by atoms with van der Waals surface area (Å²) in [7, 11) is 0. The largest absolute Gasteiger partial charge is 0.481 e. The predicted molar refractivity (Wildman–Crippen MR) is 77.4 cm³/mol. The van der Waals surface area contributed by atoms with Gasteiger partial charge < -0.3 is 19.6 Å². The number of alkyl carbamates (subject to hydrolysis) is 1. The quantitative estimate of drug-likeness (QED) is 0.840. The van der Waals surface area contributed by atoms with E-state index in [1.165, 1.54) is 0 Å². The summed E-state index contributed by atoms with van der Waals surface area (Å²) in [5, 5.41) is 11.7.